The number of aromatic nitrogens is 1. The molecule has 40 heavy (non-hydrogen) atoms. The van der Waals surface area contributed by atoms with E-state index in [0.29, 0.717) is 10.4 Å². The fourth-order valence-corrected chi connectivity index (χ4v) is 6.05. The molecule has 9 heteroatoms. The average Bonchev–Trinajstić information content (AvgIpc) is 3.29. The molecule has 214 valence electrons. The molecule has 1 saturated carbocycles. The van der Waals surface area contributed by atoms with E-state index in [0.717, 1.165) is 46.9 Å². The third-order valence-electron chi connectivity index (χ3n) is 7.69. The number of hydrogen-bond acceptors (Lipinski definition) is 7. The summed E-state index contributed by atoms with van der Waals surface area (Å²) in [5, 5.41) is 7.41. The van der Waals surface area contributed by atoms with E-state index in [4.69, 9.17) is 9.47 Å². The van der Waals surface area contributed by atoms with E-state index in [1.807, 2.05) is 36.4 Å². The summed E-state index contributed by atoms with van der Waals surface area (Å²) in [6.07, 6.45) is 6.86. The maximum Gasteiger partial charge on any atom is 0.407 e. The summed E-state index contributed by atoms with van der Waals surface area (Å²) in [6, 6.07) is 11.2. The number of nitrogens with one attached hydrogen (secondary N) is 2. The van der Waals surface area contributed by atoms with E-state index < -0.39 is 17.6 Å². The number of carbonyl (C=O) groups excluding carboxylic acids is 3. The van der Waals surface area contributed by atoms with Crippen LogP contribution in [0, 0.1) is 11.3 Å². The van der Waals surface area contributed by atoms with Gasteiger partial charge in [0.05, 0.1) is 21.5 Å². The van der Waals surface area contributed by atoms with Crippen molar-refractivity contribution in [3.05, 3.63) is 59.9 Å². The molecule has 0 bridgehead atoms. The summed E-state index contributed by atoms with van der Waals surface area (Å²) >= 11 is 1.44. The van der Waals surface area contributed by atoms with Gasteiger partial charge in [0, 0.05) is 18.9 Å². The van der Waals surface area contributed by atoms with Crippen LogP contribution in [0.5, 0.6) is 0 Å². The summed E-state index contributed by atoms with van der Waals surface area (Å²) in [4.78, 5) is 42.4. The summed E-state index contributed by atoms with van der Waals surface area (Å²) in [5.74, 6) is -1.08. The molecule has 3 aromatic rings. The monoisotopic (exact) mass is 565 g/mol. The number of carbonyl (C=O) groups is 3. The van der Waals surface area contributed by atoms with Crippen molar-refractivity contribution >= 4 is 44.4 Å². The molecule has 1 aromatic carbocycles. The van der Waals surface area contributed by atoms with E-state index >= 15 is 0 Å². The number of rotatable bonds is 10. The fraction of sp³-hybridized carbons (Fsp3) is 0.484. The van der Waals surface area contributed by atoms with Gasteiger partial charge in [0.25, 0.3) is 0 Å². The molecule has 1 aliphatic rings. The van der Waals surface area contributed by atoms with Gasteiger partial charge in [-0.1, -0.05) is 51.0 Å². The number of pyridine rings is 1. The maximum atomic E-state index is 13.4. The highest BCUT2D eigenvalue weighted by Crippen LogP contribution is 2.51. The van der Waals surface area contributed by atoms with Gasteiger partial charge in [0.2, 0.25) is 5.91 Å². The second-order valence-corrected chi connectivity index (χ2v) is 12.7. The summed E-state index contributed by atoms with van der Waals surface area (Å²) in [6.45, 7) is 9.96. The Kier molecular flexibility index (Phi) is 9.13. The van der Waals surface area contributed by atoms with Crippen LogP contribution in [-0.4, -0.2) is 35.1 Å². The lowest BCUT2D eigenvalue weighted by Crippen LogP contribution is -2.41. The summed E-state index contributed by atoms with van der Waals surface area (Å²) < 4.78 is 11.9. The fourth-order valence-electron chi connectivity index (χ4n) is 5.11. The Bertz CT molecular complexity index is 1300. The van der Waals surface area contributed by atoms with Gasteiger partial charge in [-0.05, 0) is 67.7 Å². The van der Waals surface area contributed by atoms with Gasteiger partial charge in [-0.25, -0.2) is 4.79 Å². The quantitative estimate of drug-likeness (QED) is 0.262. The minimum atomic E-state index is -0.668. The molecule has 2 N–H and O–H groups in total. The van der Waals surface area contributed by atoms with Crippen molar-refractivity contribution in [2.75, 3.05) is 11.9 Å². The topological polar surface area (TPSA) is 107 Å². The van der Waals surface area contributed by atoms with Gasteiger partial charge in [0.1, 0.15) is 12.2 Å². The Morgan fingerprint density at radius 2 is 1.80 bits per heavy atom. The van der Waals surface area contributed by atoms with Crippen LogP contribution in [0.15, 0.2) is 48.8 Å². The minimum absolute atomic E-state index is 0.0177. The first-order valence-electron chi connectivity index (χ1n) is 13.9. The van der Waals surface area contributed by atoms with Crippen molar-refractivity contribution in [3.8, 4) is 0 Å². The van der Waals surface area contributed by atoms with Crippen molar-refractivity contribution in [1.82, 2.24) is 10.3 Å². The minimum Gasteiger partial charge on any atom is -0.461 e. The molecule has 4 rings (SSSR count). The molecule has 1 atom stereocenters. The van der Waals surface area contributed by atoms with E-state index in [1.54, 1.807) is 33.2 Å². The van der Waals surface area contributed by atoms with Crippen LogP contribution < -0.4 is 10.6 Å². The van der Waals surface area contributed by atoms with Gasteiger partial charge in [-0.15, -0.1) is 11.3 Å². The van der Waals surface area contributed by atoms with Gasteiger partial charge in [-0.3, -0.25) is 14.6 Å². The molecule has 0 aliphatic heterocycles. The first-order valence-corrected chi connectivity index (χ1v) is 14.7. The van der Waals surface area contributed by atoms with Gasteiger partial charge in [0.15, 0.2) is 0 Å². The van der Waals surface area contributed by atoms with Crippen LogP contribution in [0.25, 0.3) is 10.1 Å². The number of benzene rings is 1. The molecule has 0 unspecified atom stereocenters. The maximum absolute atomic E-state index is 13.4. The van der Waals surface area contributed by atoms with Crippen molar-refractivity contribution in [1.29, 1.82) is 0 Å². The van der Waals surface area contributed by atoms with Crippen molar-refractivity contribution in [2.45, 2.75) is 78.4 Å². The first kappa shape index (κ1) is 29.5. The zero-order valence-corrected chi connectivity index (χ0v) is 24.7. The molecule has 1 fully saturated rings. The van der Waals surface area contributed by atoms with Crippen molar-refractivity contribution < 1.29 is 23.9 Å². The number of esters is 1. The molecule has 2 aromatic heterocycles. The number of nitrogens with zero attached hydrogens (tertiary/aromatic N) is 1. The number of fused-ring (bicyclic) bond motifs is 1. The van der Waals surface area contributed by atoms with E-state index in [-0.39, 0.29) is 30.9 Å². The highest BCUT2D eigenvalue weighted by Gasteiger charge is 2.45. The standard InChI is InChI=1S/C31H39N3O5S/c1-6-31(7-2)15-23(16-31)28(36)38-19-20-8-10-21(11-9-20)24(17-33-29(37)39-30(3,4)5)27(35)34-26-14-22-12-13-32-18-25(22)40-26/h8-14,18,23-24H,6-7,15-17,19H2,1-5H3,(H,33,37)(H,34,35)/t24-/m1/s1. The highest BCUT2D eigenvalue weighted by molar-refractivity contribution is 7.22. The third kappa shape index (κ3) is 7.38. The molecular formula is C31H39N3O5S. The second-order valence-electron chi connectivity index (χ2n) is 11.6. The SMILES string of the molecule is CCC1(CC)CC(C(=O)OCc2ccc([C@@H](CNC(=O)OC(C)(C)C)C(=O)Nc3cc4ccncc4s3)cc2)C1. The molecule has 2 amide bonds. The normalized spacial score (nSPS) is 15.6. The molecule has 0 radical (unpaired) electrons. The van der Waals surface area contributed by atoms with Crippen LogP contribution in [0.2, 0.25) is 0 Å². The van der Waals surface area contributed by atoms with E-state index in [2.05, 4.69) is 29.5 Å². The van der Waals surface area contributed by atoms with Crippen LogP contribution in [-0.2, 0) is 25.7 Å². The number of alkyl carbamates (subject to hydrolysis) is 1. The predicted molar refractivity (Wildman–Crippen MR) is 157 cm³/mol. The van der Waals surface area contributed by atoms with Gasteiger partial charge in [-0.2, -0.15) is 0 Å². The number of amides is 2. The Labute approximate surface area is 239 Å². The Balaban J connectivity index is 1.41. The van der Waals surface area contributed by atoms with Gasteiger partial charge >= 0.3 is 12.1 Å². The lowest BCUT2D eigenvalue weighted by molar-refractivity contribution is -0.158. The largest absolute Gasteiger partial charge is 0.461 e. The van der Waals surface area contributed by atoms with E-state index in [9.17, 15) is 14.4 Å². The van der Waals surface area contributed by atoms with Crippen LogP contribution in [0.3, 0.4) is 0 Å². The summed E-state index contributed by atoms with van der Waals surface area (Å²) in [5.41, 5.74) is 1.20. The van der Waals surface area contributed by atoms with Crippen LogP contribution in [0.4, 0.5) is 9.80 Å². The number of thiophene rings is 1. The third-order valence-corrected chi connectivity index (χ3v) is 8.69. The van der Waals surface area contributed by atoms with Gasteiger partial charge < -0.3 is 20.1 Å². The number of hydrogen-bond donors (Lipinski definition) is 2. The molecule has 1 aliphatic carbocycles. The Hall–Kier alpha value is -3.46. The zero-order chi connectivity index (χ0) is 28.9. The molecule has 8 nitrogen and oxygen atoms in total. The highest BCUT2D eigenvalue weighted by atomic mass is 32.1. The van der Waals surface area contributed by atoms with Crippen LogP contribution >= 0.6 is 11.3 Å². The molecular weight excluding hydrogens is 526 g/mol. The van der Waals surface area contributed by atoms with Crippen molar-refractivity contribution in [3.63, 3.8) is 0 Å². The average molecular weight is 566 g/mol. The lowest BCUT2D eigenvalue weighted by Gasteiger charge is -2.45. The number of ether oxygens (including phenoxy) is 2. The summed E-state index contributed by atoms with van der Waals surface area (Å²) in [7, 11) is 0. The number of anilines is 1. The Morgan fingerprint density at radius 1 is 1.10 bits per heavy atom. The first-order chi connectivity index (χ1) is 19.0. The Morgan fingerprint density at radius 3 is 2.42 bits per heavy atom. The smallest absolute Gasteiger partial charge is 0.407 e. The van der Waals surface area contributed by atoms with Crippen molar-refractivity contribution in [2.24, 2.45) is 11.3 Å². The lowest BCUT2D eigenvalue weighted by atomic mass is 9.59. The second kappa shape index (κ2) is 12.4. The predicted octanol–water partition coefficient (Wildman–Crippen LogP) is 6.80. The molecule has 2 heterocycles. The van der Waals surface area contributed by atoms with Crippen LogP contribution in [0.1, 0.15) is 77.3 Å². The zero-order valence-electron chi connectivity index (χ0n) is 23.9. The molecule has 0 spiro atoms. The van der Waals surface area contributed by atoms with E-state index in [1.165, 1.54) is 11.3 Å². The molecule has 0 saturated heterocycles.